The third-order valence-corrected chi connectivity index (χ3v) is 0.237. The zero-order valence-electron chi connectivity index (χ0n) is 3.53. The summed E-state index contributed by atoms with van der Waals surface area (Å²) in [6.45, 7) is -0.954. The third kappa shape index (κ3) is 5.80. The molecule has 0 amide bonds. The highest BCUT2D eigenvalue weighted by molar-refractivity contribution is 3.75. The van der Waals surface area contributed by atoms with E-state index in [1.54, 1.807) is 0 Å². The van der Waals surface area contributed by atoms with Gasteiger partial charge in [-0.05, 0) is 0 Å². The molecular formula is C2H6O5. The molecule has 0 fully saturated rings. The molecule has 0 unspecified atom stereocenters. The summed E-state index contributed by atoms with van der Waals surface area (Å²) < 4.78 is 0. The Morgan fingerprint density at radius 2 is 2.00 bits per heavy atom. The van der Waals surface area contributed by atoms with E-state index in [-0.39, 0.29) is 0 Å². The molecule has 0 radical (unpaired) electrons. The predicted molar refractivity (Wildman–Crippen MR) is 17.8 cm³/mol. The van der Waals surface area contributed by atoms with E-state index in [9.17, 15) is 0 Å². The monoisotopic (exact) mass is 110 g/mol. The first-order valence-electron chi connectivity index (χ1n) is 1.53. The van der Waals surface area contributed by atoms with E-state index in [0.29, 0.717) is 0 Å². The van der Waals surface area contributed by atoms with E-state index in [1.165, 1.54) is 0 Å². The highest BCUT2D eigenvalue weighted by atomic mass is 17.3. The summed E-state index contributed by atoms with van der Waals surface area (Å²) in [6, 6.07) is 0. The fourth-order valence-corrected chi connectivity index (χ4v) is 0.0928. The van der Waals surface area contributed by atoms with Crippen LogP contribution < -0.4 is 0 Å². The summed E-state index contributed by atoms with van der Waals surface area (Å²) in [5.41, 5.74) is 0. The first-order chi connectivity index (χ1) is 3.41. The van der Waals surface area contributed by atoms with Crippen LogP contribution in [0.5, 0.6) is 0 Å². The van der Waals surface area contributed by atoms with Gasteiger partial charge in [0.05, 0.1) is 0 Å². The van der Waals surface area contributed by atoms with Crippen LogP contribution in [0.3, 0.4) is 0 Å². The van der Waals surface area contributed by atoms with Crippen molar-refractivity contribution >= 4 is 0 Å². The van der Waals surface area contributed by atoms with Crippen LogP contribution in [0.2, 0.25) is 0 Å². The van der Waals surface area contributed by atoms with Gasteiger partial charge in [0.15, 0.2) is 6.79 Å². The normalized spacial score (nSPS) is 9.43. The second-order valence-electron chi connectivity index (χ2n) is 0.612. The Balaban J connectivity index is 2.45. The van der Waals surface area contributed by atoms with Gasteiger partial charge in [-0.15, -0.1) is 0 Å². The Hall–Kier alpha value is -0.200. The van der Waals surface area contributed by atoms with E-state index < -0.39 is 13.6 Å². The van der Waals surface area contributed by atoms with Crippen LogP contribution >= 0.6 is 0 Å². The molecule has 0 aliphatic rings. The lowest BCUT2D eigenvalue weighted by Gasteiger charge is -1.94. The molecule has 0 atom stereocenters. The van der Waals surface area contributed by atoms with E-state index >= 15 is 0 Å². The Kier molecular flexibility index (Phi) is 5.63. The van der Waals surface area contributed by atoms with Gasteiger partial charge in [0.1, 0.15) is 0 Å². The lowest BCUT2D eigenvalue weighted by Crippen LogP contribution is -1.98. The maximum absolute atomic E-state index is 7.81. The largest absolute Gasteiger partial charge is 0.368 e. The van der Waals surface area contributed by atoms with Crippen molar-refractivity contribution in [2.24, 2.45) is 0 Å². The molecule has 0 saturated carbocycles. The van der Waals surface area contributed by atoms with Gasteiger partial charge in [0.2, 0.25) is 6.79 Å². The quantitative estimate of drug-likeness (QED) is 0.217. The number of rotatable bonds is 4. The molecule has 5 nitrogen and oxygen atoms in total. The highest BCUT2D eigenvalue weighted by Gasteiger charge is 1.79. The standard InChI is InChI=1S/C2H6O5/c3-1-6-7-2-5-4/h3-4H,1-2H2. The van der Waals surface area contributed by atoms with Gasteiger partial charge in [-0.2, -0.15) is 0 Å². The Morgan fingerprint density at radius 3 is 2.43 bits per heavy atom. The minimum Gasteiger partial charge on any atom is -0.368 e. The second-order valence-corrected chi connectivity index (χ2v) is 0.612. The van der Waals surface area contributed by atoms with Crippen LogP contribution in [0.15, 0.2) is 0 Å². The highest BCUT2D eigenvalue weighted by Crippen LogP contribution is 1.72. The van der Waals surface area contributed by atoms with Gasteiger partial charge >= 0.3 is 0 Å². The van der Waals surface area contributed by atoms with Crippen molar-refractivity contribution in [3.63, 3.8) is 0 Å². The zero-order valence-corrected chi connectivity index (χ0v) is 3.53. The van der Waals surface area contributed by atoms with Crippen LogP contribution in [0, 0.1) is 0 Å². The molecule has 0 aliphatic heterocycles. The molecule has 0 bridgehead atoms. The van der Waals surface area contributed by atoms with Gasteiger partial charge in [-0.25, -0.2) is 19.9 Å². The summed E-state index contributed by atoms with van der Waals surface area (Å²) in [5.74, 6) is 0. The van der Waals surface area contributed by atoms with Gasteiger partial charge in [0.25, 0.3) is 0 Å². The van der Waals surface area contributed by atoms with Crippen molar-refractivity contribution in [3.05, 3.63) is 0 Å². The molecule has 2 N–H and O–H groups in total. The average molecular weight is 110 g/mol. The number of hydrogen-bond donors (Lipinski definition) is 2. The van der Waals surface area contributed by atoms with Gasteiger partial charge < -0.3 is 5.11 Å². The van der Waals surface area contributed by atoms with E-state index in [0.717, 1.165) is 0 Å². The van der Waals surface area contributed by atoms with Crippen LogP contribution in [0.1, 0.15) is 0 Å². The fourth-order valence-electron chi connectivity index (χ4n) is 0.0928. The number of aliphatic hydroxyl groups excluding tert-OH is 1. The predicted octanol–water partition coefficient (Wildman–Crippen LogP) is -0.669. The number of hydrogen-bond acceptors (Lipinski definition) is 5. The second kappa shape index (κ2) is 5.80. The van der Waals surface area contributed by atoms with E-state index in [2.05, 4.69) is 14.7 Å². The van der Waals surface area contributed by atoms with Crippen LogP contribution in [0.25, 0.3) is 0 Å². The van der Waals surface area contributed by atoms with Crippen LogP contribution in [0.4, 0.5) is 0 Å². The first-order valence-corrected chi connectivity index (χ1v) is 1.53. The Morgan fingerprint density at radius 1 is 1.29 bits per heavy atom. The van der Waals surface area contributed by atoms with Crippen molar-refractivity contribution in [1.82, 2.24) is 0 Å². The van der Waals surface area contributed by atoms with Crippen molar-refractivity contribution in [1.29, 1.82) is 0 Å². The van der Waals surface area contributed by atoms with Crippen LogP contribution in [-0.4, -0.2) is 23.9 Å². The van der Waals surface area contributed by atoms with Crippen molar-refractivity contribution < 1.29 is 25.0 Å². The van der Waals surface area contributed by atoms with Gasteiger partial charge in [0, 0.05) is 0 Å². The molecule has 0 heterocycles. The maximum Gasteiger partial charge on any atom is 0.214 e. The first kappa shape index (κ1) is 6.80. The maximum atomic E-state index is 7.81. The lowest BCUT2D eigenvalue weighted by atomic mass is 11.5. The molecule has 44 valence electrons. The molecule has 0 aromatic heterocycles. The molecule has 0 rings (SSSR count). The van der Waals surface area contributed by atoms with Crippen LogP contribution in [-0.2, 0) is 14.7 Å². The zero-order chi connectivity index (χ0) is 5.54. The van der Waals surface area contributed by atoms with E-state index in [1.807, 2.05) is 0 Å². The van der Waals surface area contributed by atoms with Crippen molar-refractivity contribution in [2.75, 3.05) is 13.6 Å². The average Bonchev–Trinajstić information content (AvgIpc) is 1.69. The third-order valence-electron chi connectivity index (χ3n) is 0.237. The molecular weight excluding hydrogens is 104 g/mol. The van der Waals surface area contributed by atoms with Crippen molar-refractivity contribution in [2.45, 2.75) is 0 Å². The molecule has 0 aliphatic carbocycles. The smallest absolute Gasteiger partial charge is 0.214 e. The van der Waals surface area contributed by atoms with E-state index in [4.69, 9.17) is 10.4 Å². The SMILES string of the molecule is OCOOCOO. The Bertz CT molecular complexity index is 25.3. The summed E-state index contributed by atoms with van der Waals surface area (Å²) in [6.07, 6.45) is 0. The molecule has 0 saturated heterocycles. The molecule has 0 aromatic carbocycles. The molecule has 7 heavy (non-hydrogen) atoms. The van der Waals surface area contributed by atoms with Crippen molar-refractivity contribution in [3.8, 4) is 0 Å². The molecule has 0 spiro atoms. The van der Waals surface area contributed by atoms with Gasteiger partial charge in [-0.3, -0.25) is 0 Å². The van der Waals surface area contributed by atoms with Gasteiger partial charge in [-0.1, -0.05) is 0 Å². The fraction of sp³-hybridized carbons (Fsp3) is 1.00. The topological polar surface area (TPSA) is 68.2 Å². The number of aliphatic hydroxyl groups is 1. The molecule has 5 heteroatoms. The minimum atomic E-state index is -0.552. The molecule has 0 aromatic rings. The summed E-state index contributed by atoms with van der Waals surface area (Å²) >= 11 is 0. The summed E-state index contributed by atoms with van der Waals surface area (Å²) in [4.78, 5) is 11.1. The lowest BCUT2D eigenvalue weighted by molar-refractivity contribution is -0.417. The summed E-state index contributed by atoms with van der Waals surface area (Å²) in [5, 5.41) is 15.3. The minimum absolute atomic E-state index is 0.402. The Labute approximate surface area is 39.9 Å². The summed E-state index contributed by atoms with van der Waals surface area (Å²) in [7, 11) is 0.